The molecule has 0 radical (unpaired) electrons. The fourth-order valence-corrected chi connectivity index (χ4v) is 6.14. The largest absolute Gasteiger partial charge is 0.481 e. The number of amides is 2. The number of aliphatic carboxylic acids is 2. The highest BCUT2D eigenvalue weighted by Crippen LogP contribution is 2.39. The van der Waals surface area contributed by atoms with Crippen LogP contribution in [0.3, 0.4) is 0 Å². The van der Waals surface area contributed by atoms with Crippen molar-refractivity contribution >= 4 is 40.4 Å². The smallest absolute Gasteiger partial charge is 0.340 e. The first-order chi connectivity index (χ1) is 22.0. The highest BCUT2D eigenvalue weighted by molar-refractivity contribution is 5.97. The Labute approximate surface area is 263 Å². The van der Waals surface area contributed by atoms with Gasteiger partial charge in [0.05, 0.1) is 30.1 Å². The van der Waals surface area contributed by atoms with E-state index in [-0.39, 0.29) is 28.7 Å². The van der Waals surface area contributed by atoms with Gasteiger partial charge in [-0.2, -0.15) is 0 Å². The quantitative estimate of drug-likeness (QED) is 0.175. The van der Waals surface area contributed by atoms with Crippen LogP contribution >= 0.6 is 0 Å². The third kappa shape index (κ3) is 6.82. The summed E-state index contributed by atoms with van der Waals surface area (Å²) in [5, 5.41) is 33.7. The Morgan fingerprint density at radius 3 is 2.43 bits per heavy atom. The number of carbonyl (C=O) groups is 4. The second-order valence-corrected chi connectivity index (χ2v) is 11.8. The van der Waals surface area contributed by atoms with Crippen LogP contribution in [-0.4, -0.2) is 49.0 Å². The van der Waals surface area contributed by atoms with Crippen molar-refractivity contribution in [3.05, 3.63) is 87.5 Å². The summed E-state index contributed by atoms with van der Waals surface area (Å²) in [6.45, 7) is 3.50. The number of hydrogen-bond acceptors (Lipinski definition) is 8. The molecule has 1 aliphatic rings. The Morgan fingerprint density at radius 1 is 1.04 bits per heavy atom. The van der Waals surface area contributed by atoms with Gasteiger partial charge in [-0.05, 0) is 62.4 Å². The number of rotatable bonds is 11. The molecule has 240 valence electrons. The summed E-state index contributed by atoms with van der Waals surface area (Å²) < 4.78 is 6.53. The van der Waals surface area contributed by atoms with E-state index in [2.05, 4.69) is 20.9 Å². The van der Waals surface area contributed by atoms with E-state index in [0.29, 0.717) is 22.2 Å². The van der Waals surface area contributed by atoms with Gasteiger partial charge < -0.3 is 25.3 Å². The molecule has 2 aromatic heterocycles. The number of nitrogens with one attached hydrogen (secondary N) is 2. The fraction of sp³-hybridized carbons (Fsp3) is 0.364. The summed E-state index contributed by atoms with van der Waals surface area (Å²) in [4.78, 5) is 62.3. The minimum Gasteiger partial charge on any atom is -0.481 e. The lowest BCUT2D eigenvalue weighted by Gasteiger charge is -2.39. The number of anilines is 1. The number of aryl methyl sites for hydroxylation is 1. The molecule has 1 aliphatic carbocycles. The van der Waals surface area contributed by atoms with E-state index in [4.69, 9.17) is 9.52 Å². The van der Waals surface area contributed by atoms with Gasteiger partial charge in [0.25, 0.3) is 5.91 Å². The summed E-state index contributed by atoms with van der Waals surface area (Å²) in [5.74, 6) is -3.35. The third-order valence-corrected chi connectivity index (χ3v) is 8.75. The number of nitrogens with zero attached hydrogens (tertiary/aromatic N) is 3. The van der Waals surface area contributed by atoms with Crippen LogP contribution in [0.4, 0.5) is 5.69 Å². The summed E-state index contributed by atoms with van der Waals surface area (Å²) in [5.41, 5.74) is -0.00935. The van der Waals surface area contributed by atoms with Gasteiger partial charge in [0.1, 0.15) is 17.3 Å². The molecule has 0 bridgehead atoms. The average molecular weight is 630 g/mol. The summed E-state index contributed by atoms with van der Waals surface area (Å²) in [6, 6.07) is 12.0. The molecule has 2 amide bonds. The molecular formula is C33H35N5O8. The summed E-state index contributed by atoms with van der Waals surface area (Å²) >= 11 is 0. The predicted octanol–water partition coefficient (Wildman–Crippen LogP) is 4.20. The molecule has 1 fully saturated rings. The number of hydrogen-bond donors (Lipinski definition) is 4. The van der Waals surface area contributed by atoms with Crippen molar-refractivity contribution in [3.8, 4) is 0 Å². The molecule has 4 aromatic rings. The van der Waals surface area contributed by atoms with Crippen LogP contribution < -0.4 is 16.3 Å². The van der Waals surface area contributed by atoms with Gasteiger partial charge in [0.15, 0.2) is 0 Å². The predicted molar refractivity (Wildman–Crippen MR) is 166 cm³/mol. The van der Waals surface area contributed by atoms with Gasteiger partial charge in [-0.15, -0.1) is 5.10 Å². The molecule has 4 N–H and O–H groups in total. The number of benzene rings is 2. The molecule has 13 nitrogen and oxygen atoms in total. The first kappa shape index (κ1) is 32.1. The Morgan fingerprint density at radius 2 is 1.76 bits per heavy atom. The van der Waals surface area contributed by atoms with E-state index in [1.807, 2.05) is 13.0 Å². The Hall–Kier alpha value is -5.33. The maximum Gasteiger partial charge on any atom is 0.340 e. The van der Waals surface area contributed by atoms with E-state index in [1.54, 1.807) is 43.3 Å². The van der Waals surface area contributed by atoms with Crippen LogP contribution in [0.15, 0.2) is 63.9 Å². The highest BCUT2D eigenvalue weighted by atomic mass is 16.4. The topological polar surface area (TPSA) is 194 Å². The first-order valence-electron chi connectivity index (χ1n) is 15.1. The van der Waals surface area contributed by atoms with Crippen LogP contribution in [-0.2, 0) is 26.3 Å². The van der Waals surface area contributed by atoms with Crippen LogP contribution in [0.1, 0.15) is 78.7 Å². The standard InChI is InChI=1S/C33H35N5O8/c1-19-23-14-13-22(15-26(23)46-32(45)24(19)16-28(39)40)34-31(44)25(17-29(41)42)38-18-27(36-37-38)33(2,21-11-7-4-8-12-21)35-30(43)20-9-5-3-6-10-20/h3,5-6,9-10,13-15,18,21,25H,4,7-8,11-12,16-17H2,1-2H3,(H,34,44)(H,35,43)(H,39,40)(H,41,42). The minimum atomic E-state index is -1.30. The molecule has 46 heavy (non-hydrogen) atoms. The van der Waals surface area contributed by atoms with Crippen molar-refractivity contribution in [2.45, 2.75) is 70.4 Å². The van der Waals surface area contributed by atoms with E-state index in [9.17, 15) is 29.1 Å². The Kier molecular flexibility index (Phi) is 9.31. The zero-order valence-corrected chi connectivity index (χ0v) is 25.5. The second kappa shape index (κ2) is 13.3. The van der Waals surface area contributed by atoms with E-state index < -0.39 is 47.9 Å². The number of carbonyl (C=O) groups excluding carboxylic acids is 2. The number of carboxylic acid groups (broad SMARTS) is 2. The lowest BCUT2D eigenvalue weighted by molar-refractivity contribution is -0.140. The van der Waals surface area contributed by atoms with E-state index in [0.717, 1.165) is 32.1 Å². The van der Waals surface area contributed by atoms with Crippen LogP contribution in [0.5, 0.6) is 0 Å². The fourth-order valence-electron chi connectivity index (χ4n) is 6.14. The van der Waals surface area contributed by atoms with Crippen molar-refractivity contribution in [3.63, 3.8) is 0 Å². The highest BCUT2D eigenvalue weighted by Gasteiger charge is 2.41. The number of carboxylic acids is 2. The van der Waals surface area contributed by atoms with Gasteiger partial charge in [-0.25, -0.2) is 9.48 Å². The van der Waals surface area contributed by atoms with Crippen molar-refractivity contribution < 1.29 is 33.8 Å². The molecule has 2 heterocycles. The normalized spacial score (nSPS) is 15.5. The maximum atomic E-state index is 13.5. The van der Waals surface area contributed by atoms with E-state index >= 15 is 0 Å². The van der Waals surface area contributed by atoms with Crippen molar-refractivity contribution in [2.75, 3.05) is 5.32 Å². The van der Waals surface area contributed by atoms with Gasteiger partial charge in [-0.1, -0.05) is 42.7 Å². The summed E-state index contributed by atoms with van der Waals surface area (Å²) in [6.07, 6.45) is 5.20. The zero-order chi connectivity index (χ0) is 33.0. The van der Waals surface area contributed by atoms with Crippen LogP contribution in [0, 0.1) is 12.8 Å². The lowest BCUT2D eigenvalue weighted by Crippen LogP contribution is -2.50. The molecule has 13 heteroatoms. The second-order valence-electron chi connectivity index (χ2n) is 11.8. The lowest BCUT2D eigenvalue weighted by atomic mass is 9.74. The molecule has 2 atom stereocenters. The molecule has 2 unspecified atom stereocenters. The van der Waals surface area contributed by atoms with Crippen molar-refractivity contribution in [1.29, 1.82) is 0 Å². The minimum absolute atomic E-state index is 0.0282. The molecular weight excluding hydrogens is 594 g/mol. The zero-order valence-electron chi connectivity index (χ0n) is 25.5. The number of fused-ring (bicyclic) bond motifs is 1. The van der Waals surface area contributed by atoms with Crippen molar-refractivity contribution in [2.24, 2.45) is 5.92 Å². The molecule has 2 aromatic carbocycles. The average Bonchev–Trinajstić information content (AvgIpc) is 3.53. The van der Waals surface area contributed by atoms with Gasteiger partial charge in [0, 0.05) is 22.7 Å². The Balaban J connectivity index is 1.43. The molecule has 5 rings (SSSR count). The number of aromatic nitrogens is 3. The Bertz CT molecular complexity index is 1840. The van der Waals surface area contributed by atoms with Crippen LogP contribution in [0.2, 0.25) is 0 Å². The maximum absolute atomic E-state index is 13.5. The molecule has 0 aliphatic heterocycles. The monoisotopic (exact) mass is 629 g/mol. The van der Waals surface area contributed by atoms with E-state index in [1.165, 1.54) is 16.9 Å². The van der Waals surface area contributed by atoms with Gasteiger partial charge >= 0.3 is 17.6 Å². The SMILES string of the molecule is Cc1c(CC(=O)O)c(=O)oc2cc(NC(=O)C(CC(=O)O)n3cc(C(C)(NC(=O)c4ccccc4)C4CCCCC4)nn3)ccc12. The molecule has 0 saturated heterocycles. The first-order valence-corrected chi connectivity index (χ1v) is 15.1. The third-order valence-electron chi connectivity index (χ3n) is 8.75. The molecule has 1 saturated carbocycles. The van der Waals surface area contributed by atoms with Crippen LogP contribution in [0.25, 0.3) is 11.0 Å². The summed E-state index contributed by atoms with van der Waals surface area (Å²) in [7, 11) is 0. The molecule has 0 spiro atoms. The van der Waals surface area contributed by atoms with Gasteiger partial charge in [-0.3, -0.25) is 19.2 Å². The van der Waals surface area contributed by atoms with Gasteiger partial charge in [0.2, 0.25) is 5.91 Å². The van der Waals surface area contributed by atoms with Crippen molar-refractivity contribution in [1.82, 2.24) is 20.3 Å².